The summed E-state index contributed by atoms with van der Waals surface area (Å²) in [7, 11) is 0. The molecule has 5 heteroatoms. The van der Waals surface area contributed by atoms with Crippen LogP contribution in [-0.2, 0) is 13.2 Å². The van der Waals surface area contributed by atoms with Crippen LogP contribution >= 0.6 is 0 Å². The molecular formula is C28H41N3O2. The van der Waals surface area contributed by atoms with Crippen LogP contribution in [0.25, 0.3) is 0 Å². The Labute approximate surface area is 200 Å². The molecule has 1 unspecified atom stereocenters. The minimum absolute atomic E-state index is 0.271. The molecule has 0 bridgehead atoms. The number of hydrogen-bond acceptors (Lipinski definition) is 5. The van der Waals surface area contributed by atoms with Gasteiger partial charge in [-0.2, -0.15) is 0 Å². The molecule has 0 aromatic heterocycles. The van der Waals surface area contributed by atoms with Crippen molar-refractivity contribution in [1.82, 2.24) is 14.7 Å². The van der Waals surface area contributed by atoms with Gasteiger partial charge >= 0.3 is 0 Å². The van der Waals surface area contributed by atoms with Gasteiger partial charge in [-0.15, -0.1) is 0 Å². The minimum atomic E-state index is 0.271. The van der Waals surface area contributed by atoms with E-state index in [1.54, 1.807) is 0 Å². The van der Waals surface area contributed by atoms with Gasteiger partial charge in [0, 0.05) is 50.9 Å². The van der Waals surface area contributed by atoms with Gasteiger partial charge in [-0.1, -0.05) is 42.5 Å². The van der Waals surface area contributed by atoms with Crippen LogP contribution in [0.3, 0.4) is 0 Å². The molecule has 2 fully saturated rings. The number of likely N-dealkylation sites (tertiary alicyclic amines) is 1. The number of ether oxygens (including phenoxy) is 1. The van der Waals surface area contributed by atoms with Gasteiger partial charge in [-0.25, -0.2) is 0 Å². The predicted octanol–water partition coefficient (Wildman–Crippen LogP) is 4.01. The second-order valence-corrected chi connectivity index (χ2v) is 9.92. The van der Waals surface area contributed by atoms with Crippen molar-refractivity contribution < 1.29 is 9.84 Å². The lowest BCUT2D eigenvalue weighted by Gasteiger charge is -2.48. The van der Waals surface area contributed by atoms with E-state index in [0.717, 1.165) is 38.3 Å². The van der Waals surface area contributed by atoms with Crippen LogP contribution in [0, 0.1) is 0 Å². The largest absolute Gasteiger partial charge is 0.489 e. The third-order valence-corrected chi connectivity index (χ3v) is 7.35. The van der Waals surface area contributed by atoms with Gasteiger partial charge in [-0.3, -0.25) is 9.80 Å². The number of hydrogen-bond donors (Lipinski definition) is 1. The van der Waals surface area contributed by atoms with Crippen molar-refractivity contribution in [2.24, 2.45) is 0 Å². The molecule has 0 saturated carbocycles. The van der Waals surface area contributed by atoms with Gasteiger partial charge in [-0.05, 0) is 69.5 Å². The topological polar surface area (TPSA) is 39.2 Å². The maximum atomic E-state index is 9.72. The molecular weight excluding hydrogens is 410 g/mol. The van der Waals surface area contributed by atoms with Crippen molar-refractivity contribution in [2.45, 2.75) is 64.4 Å². The zero-order valence-corrected chi connectivity index (χ0v) is 20.4. The predicted molar refractivity (Wildman–Crippen MR) is 134 cm³/mol. The van der Waals surface area contributed by atoms with Crippen molar-refractivity contribution in [3.05, 3.63) is 65.7 Å². The van der Waals surface area contributed by atoms with Crippen LogP contribution in [0.5, 0.6) is 5.75 Å². The van der Waals surface area contributed by atoms with E-state index in [1.807, 2.05) is 18.2 Å². The summed E-state index contributed by atoms with van der Waals surface area (Å²) in [5.74, 6) is 0.915. The van der Waals surface area contributed by atoms with Crippen molar-refractivity contribution in [1.29, 1.82) is 0 Å². The standard InChI is InChI=1S/C28H41N3O2/c1-23(2)30-15-12-26(13-16-30)31-18-17-29(21-27(31)14-19-32)20-24-8-10-28(11-9-24)33-22-25-6-4-3-5-7-25/h3-11,23,26-27,32H,12-22H2,1-2H3. The average molecular weight is 452 g/mol. The highest BCUT2D eigenvalue weighted by Gasteiger charge is 2.33. The Morgan fingerprint density at radius 3 is 2.30 bits per heavy atom. The quantitative estimate of drug-likeness (QED) is 0.624. The van der Waals surface area contributed by atoms with E-state index in [1.165, 1.54) is 37.1 Å². The van der Waals surface area contributed by atoms with Gasteiger partial charge in [0.1, 0.15) is 12.4 Å². The Morgan fingerprint density at radius 2 is 1.64 bits per heavy atom. The van der Waals surface area contributed by atoms with Gasteiger partial charge in [0.15, 0.2) is 0 Å². The van der Waals surface area contributed by atoms with Crippen molar-refractivity contribution in [3.63, 3.8) is 0 Å². The number of piperidine rings is 1. The summed E-state index contributed by atoms with van der Waals surface area (Å²) in [4.78, 5) is 7.87. The first-order valence-corrected chi connectivity index (χ1v) is 12.7. The molecule has 2 aliphatic heterocycles. The average Bonchev–Trinajstić information content (AvgIpc) is 2.85. The van der Waals surface area contributed by atoms with E-state index in [0.29, 0.717) is 24.7 Å². The Hall–Kier alpha value is -1.92. The molecule has 1 N–H and O–H groups in total. The fourth-order valence-electron chi connectivity index (χ4n) is 5.39. The third-order valence-electron chi connectivity index (χ3n) is 7.35. The molecule has 0 aliphatic carbocycles. The summed E-state index contributed by atoms with van der Waals surface area (Å²) in [6, 6.07) is 20.6. The normalized spacial score (nSPS) is 21.5. The van der Waals surface area contributed by atoms with Crippen molar-refractivity contribution >= 4 is 0 Å². The van der Waals surface area contributed by atoms with E-state index < -0.39 is 0 Å². The first kappa shape index (κ1) is 24.2. The molecule has 2 aromatic rings. The molecule has 1 atom stereocenters. The molecule has 2 heterocycles. The zero-order valence-electron chi connectivity index (χ0n) is 20.4. The number of rotatable bonds is 9. The summed E-state index contributed by atoms with van der Waals surface area (Å²) in [5, 5.41) is 9.72. The molecule has 0 radical (unpaired) electrons. The number of nitrogens with zero attached hydrogens (tertiary/aromatic N) is 3. The van der Waals surface area contributed by atoms with Crippen LogP contribution in [-0.4, -0.2) is 77.3 Å². The van der Waals surface area contributed by atoms with E-state index in [-0.39, 0.29) is 6.61 Å². The Bertz CT molecular complexity index is 819. The lowest BCUT2D eigenvalue weighted by Crippen LogP contribution is -2.58. The number of benzene rings is 2. The van der Waals surface area contributed by atoms with Crippen LogP contribution in [0.1, 0.15) is 44.2 Å². The molecule has 2 aromatic carbocycles. The summed E-state index contributed by atoms with van der Waals surface area (Å²) in [6.45, 7) is 12.1. The molecule has 4 rings (SSSR count). The number of aliphatic hydroxyl groups is 1. The molecule has 2 aliphatic rings. The summed E-state index contributed by atoms with van der Waals surface area (Å²) in [6.07, 6.45) is 3.38. The summed E-state index contributed by atoms with van der Waals surface area (Å²) in [5.41, 5.74) is 2.51. The van der Waals surface area contributed by atoms with Gasteiger partial charge in [0.05, 0.1) is 0 Å². The molecule has 0 amide bonds. The van der Waals surface area contributed by atoms with Crippen molar-refractivity contribution in [2.75, 3.05) is 39.3 Å². The van der Waals surface area contributed by atoms with Crippen LogP contribution in [0.2, 0.25) is 0 Å². The highest BCUT2D eigenvalue weighted by Crippen LogP contribution is 2.25. The van der Waals surface area contributed by atoms with Crippen LogP contribution in [0.4, 0.5) is 0 Å². The highest BCUT2D eigenvalue weighted by atomic mass is 16.5. The minimum Gasteiger partial charge on any atom is -0.489 e. The van der Waals surface area contributed by atoms with Crippen LogP contribution in [0.15, 0.2) is 54.6 Å². The smallest absolute Gasteiger partial charge is 0.119 e. The van der Waals surface area contributed by atoms with E-state index in [2.05, 4.69) is 64.9 Å². The van der Waals surface area contributed by atoms with Crippen molar-refractivity contribution in [3.8, 4) is 5.75 Å². The lowest BCUT2D eigenvalue weighted by atomic mass is 9.97. The van der Waals surface area contributed by atoms with Gasteiger partial charge in [0.25, 0.3) is 0 Å². The Kier molecular flexibility index (Phi) is 8.79. The zero-order chi connectivity index (χ0) is 23.0. The summed E-state index contributed by atoms with van der Waals surface area (Å²) < 4.78 is 5.94. The van der Waals surface area contributed by atoms with E-state index >= 15 is 0 Å². The Morgan fingerprint density at radius 1 is 0.909 bits per heavy atom. The maximum Gasteiger partial charge on any atom is 0.119 e. The van der Waals surface area contributed by atoms with Gasteiger partial charge in [0.2, 0.25) is 0 Å². The molecule has 33 heavy (non-hydrogen) atoms. The fraction of sp³-hybridized carbons (Fsp3) is 0.571. The molecule has 5 nitrogen and oxygen atoms in total. The van der Waals surface area contributed by atoms with E-state index in [9.17, 15) is 5.11 Å². The highest BCUT2D eigenvalue weighted by molar-refractivity contribution is 5.28. The van der Waals surface area contributed by atoms with Crippen LogP contribution < -0.4 is 4.74 Å². The lowest BCUT2D eigenvalue weighted by molar-refractivity contribution is -0.0000337. The fourth-order valence-corrected chi connectivity index (χ4v) is 5.39. The molecule has 180 valence electrons. The summed E-state index contributed by atoms with van der Waals surface area (Å²) >= 11 is 0. The Balaban J connectivity index is 1.28. The maximum absolute atomic E-state index is 9.72. The monoisotopic (exact) mass is 451 g/mol. The molecule has 2 saturated heterocycles. The second kappa shape index (κ2) is 12.0. The van der Waals surface area contributed by atoms with Gasteiger partial charge < -0.3 is 14.7 Å². The first-order chi connectivity index (χ1) is 16.1. The molecule has 0 spiro atoms. The first-order valence-electron chi connectivity index (χ1n) is 12.7. The second-order valence-electron chi connectivity index (χ2n) is 9.92. The SMILES string of the molecule is CC(C)N1CCC(N2CCN(Cc3ccc(OCc4ccccc4)cc3)CC2CCO)CC1. The van der Waals surface area contributed by atoms with E-state index in [4.69, 9.17) is 4.74 Å². The third kappa shape index (κ3) is 6.80. The number of piperazine rings is 1. The number of aliphatic hydroxyl groups excluding tert-OH is 1.